The Morgan fingerprint density at radius 3 is 2.31 bits per heavy atom. The molecule has 0 radical (unpaired) electrons. The van der Waals surface area contributed by atoms with Gasteiger partial charge in [-0.15, -0.1) is 0 Å². The fourth-order valence-electron chi connectivity index (χ4n) is 3.13. The lowest BCUT2D eigenvalue weighted by Crippen LogP contribution is -2.28. The number of para-hydroxylation sites is 1. The first-order chi connectivity index (χ1) is 14.1. The second-order valence-electron chi connectivity index (χ2n) is 7.01. The van der Waals surface area contributed by atoms with Crippen molar-refractivity contribution >= 4 is 28.3 Å². The van der Waals surface area contributed by atoms with Crippen LogP contribution < -0.4 is 10.6 Å². The highest BCUT2D eigenvalue weighted by atomic mass is 16.2. The first-order valence-corrected chi connectivity index (χ1v) is 9.56. The van der Waals surface area contributed by atoms with Crippen molar-refractivity contribution in [3.05, 3.63) is 95.8 Å². The second-order valence-corrected chi connectivity index (χ2v) is 7.01. The van der Waals surface area contributed by atoms with Crippen LogP contribution in [0.4, 0.5) is 11.5 Å². The van der Waals surface area contributed by atoms with E-state index in [0.29, 0.717) is 5.82 Å². The summed E-state index contributed by atoms with van der Waals surface area (Å²) in [5.41, 5.74) is 3.83. The van der Waals surface area contributed by atoms with Gasteiger partial charge in [0.2, 0.25) is 5.82 Å². The smallest absolute Gasteiger partial charge is 0.289 e. The summed E-state index contributed by atoms with van der Waals surface area (Å²) in [5.74, 6) is 0.442. The number of aromatic nitrogens is 2. The number of hydrogen-bond acceptors (Lipinski definition) is 4. The average Bonchev–Trinajstić information content (AvgIpc) is 2.75. The summed E-state index contributed by atoms with van der Waals surface area (Å²) in [6, 6.07) is 25.4. The van der Waals surface area contributed by atoms with Crippen LogP contribution in [-0.4, -0.2) is 15.9 Å². The maximum atomic E-state index is 12.9. The van der Waals surface area contributed by atoms with Gasteiger partial charge in [-0.3, -0.25) is 4.79 Å². The van der Waals surface area contributed by atoms with Crippen molar-refractivity contribution < 1.29 is 4.79 Å². The number of anilines is 2. The van der Waals surface area contributed by atoms with E-state index in [1.165, 1.54) is 5.56 Å². The molecule has 2 N–H and O–H groups in total. The van der Waals surface area contributed by atoms with Gasteiger partial charge in [-0.05, 0) is 43.7 Å². The second kappa shape index (κ2) is 8.10. The Hall–Kier alpha value is -3.73. The van der Waals surface area contributed by atoms with E-state index >= 15 is 0 Å². The Bertz CT molecular complexity index is 1140. The normalized spacial score (nSPS) is 11.8. The molecule has 0 saturated carbocycles. The quantitative estimate of drug-likeness (QED) is 0.499. The molecule has 1 atom stereocenters. The van der Waals surface area contributed by atoms with Gasteiger partial charge < -0.3 is 10.6 Å². The number of carbonyl (C=O) groups excluding carboxylic acids is 1. The number of carbonyl (C=O) groups is 1. The van der Waals surface area contributed by atoms with Gasteiger partial charge in [0.1, 0.15) is 5.82 Å². The van der Waals surface area contributed by atoms with Crippen molar-refractivity contribution in [2.24, 2.45) is 0 Å². The molecule has 0 saturated heterocycles. The number of fused-ring (bicyclic) bond motifs is 1. The summed E-state index contributed by atoms with van der Waals surface area (Å²) in [7, 11) is 0. The lowest BCUT2D eigenvalue weighted by atomic mass is 10.1. The van der Waals surface area contributed by atoms with Crippen LogP contribution in [0, 0.1) is 6.92 Å². The summed E-state index contributed by atoms with van der Waals surface area (Å²) in [5, 5.41) is 7.17. The number of hydrogen-bond donors (Lipinski definition) is 2. The van der Waals surface area contributed by atoms with Crippen LogP contribution in [0.5, 0.6) is 0 Å². The van der Waals surface area contributed by atoms with Crippen LogP contribution in [0.2, 0.25) is 0 Å². The molecule has 1 amide bonds. The molecule has 0 aliphatic rings. The number of nitrogens with zero attached hydrogens (tertiary/aromatic N) is 2. The molecule has 5 nitrogen and oxygen atoms in total. The molecule has 4 aromatic rings. The van der Waals surface area contributed by atoms with E-state index in [9.17, 15) is 4.79 Å². The van der Waals surface area contributed by atoms with Gasteiger partial charge >= 0.3 is 0 Å². The standard InChI is InChI=1S/C24H22N4O/c1-16-12-14-19(15-13-16)26-22-20-10-6-7-11-21(20)27-23(28-22)24(29)25-17(2)18-8-4-3-5-9-18/h3-15,17H,1-2H3,(H,25,29)(H,26,27,28). The van der Waals surface area contributed by atoms with Crippen molar-refractivity contribution in [3.8, 4) is 0 Å². The Balaban J connectivity index is 1.66. The zero-order valence-electron chi connectivity index (χ0n) is 16.4. The molecule has 4 rings (SSSR count). The number of aryl methyl sites for hydroxylation is 1. The molecular weight excluding hydrogens is 360 g/mol. The van der Waals surface area contributed by atoms with Gasteiger partial charge in [-0.25, -0.2) is 9.97 Å². The van der Waals surface area contributed by atoms with E-state index in [4.69, 9.17) is 0 Å². The van der Waals surface area contributed by atoms with Gasteiger partial charge in [0.25, 0.3) is 5.91 Å². The zero-order chi connectivity index (χ0) is 20.2. The lowest BCUT2D eigenvalue weighted by molar-refractivity contribution is 0.0930. The summed E-state index contributed by atoms with van der Waals surface area (Å²) < 4.78 is 0. The molecule has 0 fully saturated rings. The van der Waals surface area contributed by atoms with Crippen LogP contribution in [-0.2, 0) is 0 Å². The Morgan fingerprint density at radius 2 is 1.55 bits per heavy atom. The molecular formula is C24H22N4O. The minimum absolute atomic E-state index is 0.140. The van der Waals surface area contributed by atoms with Gasteiger partial charge in [-0.1, -0.05) is 60.2 Å². The maximum absolute atomic E-state index is 12.9. The molecule has 1 heterocycles. The maximum Gasteiger partial charge on any atom is 0.289 e. The number of amides is 1. The van der Waals surface area contributed by atoms with Crippen LogP contribution in [0.1, 0.15) is 34.7 Å². The molecule has 0 spiro atoms. The fourth-order valence-corrected chi connectivity index (χ4v) is 3.13. The number of benzene rings is 3. The third kappa shape index (κ3) is 4.24. The molecule has 1 aromatic heterocycles. The van der Waals surface area contributed by atoms with Crippen molar-refractivity contribution in [2.45, 2.75) is 19.9 Å². The van der Waals surface area contributed by atoms with Gasteiger partial charge in [0, 0.05) is 11.1 Å². The summed E-state index contributed by atoms with van der Waals surface area (Å²) in [6.45, 7) is 3.99. The highest BCUT2D eigenvalue weighted by Gasteiger charge is 2.17. The molecule has 29 heavy (non-hydrogen) atoms. The third-order valence-electron chi connectivity index (χ3n) is 4.77. The van der Waals surface area contributed by atoms with Crippen molar-refractivity contribution in [3.63, 3.8) is 0 Å². The summed E-state index contributed by atoms with van der Waals surface area (Å²) in [6.07, 6.45) is 0. The number of nitrogens with one attached hydrogen (secondary N) is 2. The Labute approximate surface area is 169 Å². The van der Waals surface area contributed by atoms with Gasteiger partial charge in [0.15, 0.2) is 0 Å². The Kier molecular flexibility index (Phi) is 5.20. The molecule has 1 unspecified atom stereocenters. The average molecular weight is 382 g/mol. The van der Waals surface area contributed by atoms with Gasteiger partial charge in [0.05, 0.1) is 11.6 Å². The highest BCUT2D eigenvalue weighted by Crippen LogP contribution is 2.24. The predicted molar refractivity (Wildman–Crippen MR) is 116 cm³/mol. The molecule has 0 aliphatic heterocycles. The van der Waals surface area contributed by atoms with E-state index in [-0.39, 0.29) is 17.8 Å². The first-order valence-electron chi connectivity index (χ1n) is 9.56. The fraction of sp³-hybridized carbons (Fsp3) is 0.125. The highest BCUT2D eigenvalue weighted by molar-refractivity contribution is 5.97. The SMILES string of the molecule is Cc1ccc(Nc2nc(C(=O)NC(C)c3ccccc3)nc3ccccc23)cc1. The molecule has 144 valence electrons. The molecule has 0 bridgehead atoms. The van der Waals surface area contributed by atoms with E-state index in [0.717, 1.165) is 22.2 Å². The van der Waals surface area contributed by atoms with E-state index in [2.05, 4.69) is 20.6 Å². The zero-order valence-corrected chi connectivity index (χ0v) is 16.4. The summed E-state index contributed by atoms with van der Waals surface area (Å²) in [4.78, 5) is 21.9. The minimum atomic E-state index is -0.306. The van der Waals surface area contributed by atoms with E-state index in [1.807, 2.05) is 92.7 Å². The third-order valence-corrected chi connectivity index (χ3v) is 4.77. The minimum Gasteiger partial charge on any atom is -0.343 e. The molecule has 0 aliphatic carbocycles. The number of rotatable bonds is 5. The molecule has 5 heteroatoms. The van der Waals surface area contributed by atoms with Gasteiger partial charge in [-0.2, -0.15) is 0 Å². The van der Waals surface area contributed by atoms with Crippen molar-refractivity contribution in [1.29, 1.82) is 0 Å². The van der Waals surface area contributed by atoms with Crippen LogP contribution >= 0.6 is 0 Å². The molecule has 3 aromatic carbocycles. The van der Waals surface area contributed by atoms with Crippen LogP contribution in [0.3, 0.4) is 0 Å². The van der Waals surface area contributed by atoms with Crippen LogP contribution in [0.15, 0.2) is 78.9 Å². The Morgan fingerprint density at radius 1 is 0.862 bits per heavy atom. The van der Waals surface area contributed by atoms with E-state index < -0.39 is 0 Å². The summed E-state index contributed by atoms with van der Waals surface area (Å²) >= 11 is 0. The predicted octanol–water partition coefficient (Wildman–Crippen LogP) is 5.17. The lowest BCUT2D eigenvalue weighted by Gasteiger charge is -2.15. The van der Waals surface area contributed by atoms with Crippen molar-refractivity contribution in [1.82, 2.24) is 15.3 Å². The van der Waals surface area contributed by atoms with Crippen molar-refractivity contribution in [2.75, 3.05) is 5.32 Å². The van der Waals surface area contributed by atoms with E-state index in [1.54, 1.807) is 0 Å². The monoisotopic (exact) mass is 382 g/mol. The first kappa shape index (κ1) is 18.6. The topological polar surface area (TPSA) is 66.9 Å². The largest absolute Gasteiger partial charge is 0.343 e. The van der Waals surface area contributed by atoms with Crippen LogP contribution in [0.25, 0.3) is 10.9 Å².